The summed E-state index contributed by atoms with van der Waals surface area (Å²) >= 11 is 6.05. The third kappa shape index (κ3) is 7.10. The van der Waals surface area contributed by atoms with E-state index in [0.29, 0.717) is 53.8 Å². The Morgan fingerprint density at radius 2 is 1.63 bits per heavy atom. The van der Waals surface area contributed by atoms with Crippen LogP contribution in [0.25, 0.3) is 5.76 Å². The van der Waals surface area contributed by atoms with Gasteiger partial charge in [-0.15, -0.1) is 0 Å². The molecule has 41 heavy (non-hydrogen) atoms. The maximum Gasteiger partial charge on any atom is 0.295 e. The number of carbonyl (C=O) groups excluding carboxylic acids is 2. The lowest BCUT2D eigenvalue weighted by Crippen LogP contribution is -2.33. The monoisotopic (exact) mass is 576 g/mol. The molecule has 0 aromatic heterocycles. The van der Waals surface area contributed by atoms with E-state index in [9.17, 15) is 14.7 Å². The molecule has 0 spiro atoms. The van der Waals surface area contributed by atoms with Crippen molar-refractivity contribution in [2.24, 2.45) is 0 Å². The van der Waals surface area contributed by atoms with Crippen LogP contribution >= 0.6 is 11.6 Å². The molecule has 1 saturated heterocycles. The van der Waals surface area contributed by atoms with Gasteiger partial charge in [0.25, 0.3) is 11.7 Å². The van der Waals surface area contributed by atoms with Crippen LogP contribution in [0.3, 0.4) is 0 Å². The standard InChI is InChI=1S/C33H37ClN2O5/c1-4-35(5-2)19-10-20-36-30(29(32(38)33(36)39)31(37)24-13-16-26(34)17-14-24)25-15-18-27(28(21-25)40-6-3)41-22-23-11-8-7-9-12-23/h7-9,11-18,21,30,37H,4-6,10,19-20,22H2,1-3H3/b31-29+. The molecule has 0 bridgehead atoms. The Hall–Kier alpha value is -3.81. The van der Waals surface area contributed by atoms with Crippen LogP contribution in [0.15, 0.2) is 78.4 Å². The zero-order chi connectivity index (χ0) is 29.4. The molecule has 216 valence electrons. The van der Waals surface area contributed by atoms with E-state index in [2.05, 4.69) is 18.7 Å². The molecule has 3 aromatic carbocycles. The van der Waals surface area contributed by atoms with Crippen molar-refractivity contribution in [1.29, 1.82) is 0 Å². The highest BCUT2D eigenvalue weighted by molar-refractivity contribution is 6.46. The molecule has 8 heteroatoms. The highest BCUT2D eigenvalue weighted by Gasteiger charge is 2.46. The topological polar surface area (TPSA) is 79.3 Å². The Morgan fingerprint density at radius 1 is 0.927 bits per heavy atom. The molecule has 0 saturated carbocycles. The summed E-state index contributed by atoms with van der Waals surface area (Å²) in [5, 5.41) is 11.9. The van der Waals surface area contributed by atoms with Crippen LogP contribution in [0.5, 0.6) is 11.5 Å². The Morgan fingerprint density at radius 3 is 2.29 bits per heavy atom. The van der Waals surface area contributed by atoms with E-state index in [0.717, 1.165) is 25.2 Å². The predicted molar refractivity (Wildman–Crippen MR) is 161 cm³/mol. The Bertz CT molecular complexity index is 1370. The number of ketones is 1. The van der Waals surface area contributed by atoms with E-state index >= 15 is 0 Å². The number of Topliss-reactive ketones (excluding diaryl/α,β-unsaturated/α-hetero) is 1. The molecule has 7 nitrogen and oxygen atoms in total. The normalized spacial score (nSPS) is 16.4. The number of aliphatic hydroxyl groups is 1. The number of hydrogen-bond acceptors (Lipinski definition) is 6. The average molecular weight is 577 g/mol. The molecule has 3 aromatic rings. The largest absolute Gasteiger partial charge is 0.507 e. The third-order valence-corrected chi connectivity index (χ3v) is 7.50. The highest BCUT2D eigenvalue weighted by Crippen LogP contribution is 2.42. The number of nitrogens with zero attached hydrogens (tertiary/aromatic N) is 2. The summed E-state index contributed by atoms with van der Waals surface area (Å²) in [5.41, 5.74) is 2.12. The number of aliphatic hydroxyl groups excluding tert-OH is 1. The van der Waals surface area contributed by atoms with Gasteiger partial charge in [0.1, 0.15) is 12.4 Å². The SMILES string of the molecule is CCOc1cc(C2/C(=C(\O)c3ccc(Cl)cc3)C(=O)C(=O)N2CCCN(CC)CC)ccc1OCc1ccccc1. The summed E-state index contributed by atoms with van der Waals surface area (Å²) in [4.78, 5) is 30.6. The number of benzene rings is 3. The molecular formula is C33H37ClN2O5. The van der Waals surface area contributed by atoms with Crippen LogP contribution in [-0.2, 0) is 16.2 Å². The van der Waals surface area contributed by atoms with E-state index in [-0.39, 0.29) is 11.3 Å². The first kappa shape index (κ1) is 30.2. The summed E-state index contributed by atoms with van der Waals surface area (Å²) in [6, 6.07) is 21.0. The van der Waals surface area contributed by atoms with E-state index < -0.39 is 17.7 Å². The van der Waals surface area contributed by atoms with Gasteiger partial charge in [0.15, 0.2) is 11.5 Å². The molecule has 1 aliphatic rings. The summed E-state index contributed by atoms with van der Waals surface area (Å²) in [6.07, 6.45) is 0.683. The number of halogens is 1. The molecule has 1 aliphatic heterocycles. The van der Waals surface area contributed by atoms with Crippen LogP contribution < -0.4 is 9.47 Å². The highest BCUT2D eigenvalue weighted by atomic mass is 35.5. The fourth-order valence-electron chi connectivity index (χ4n) is 5.04. The van der Waals surface area contributed by atoms with E-state index in [4.69, 9.17) is 21.1 Å². The smallest absolute Gasteiger partial charge is 0.295 e. The minimum atomic E-state index is -0.787. The van der Waals surface area contributed by atoms with Gasteiger partial charge in [-0.25, -0.2) is 0 Å². The van der Waals surface area contributed by atoms with Crippen LogP contribution in [0.4, 0.5) is 0 Å². The minimum absolute atomic E-state index is 0.0422. The van der Waals surface area contributed by atoms with E-state index in [1.807, 2.05) is 43.3 Å². The maximum absolute atomic E-state index is 13.4. The fraction of sp³-hybridized carbons (Fsp3) is 0.333. The molecule has 1 N–H and O–H groups in total. The van der Waals surface area contributed by atoms with Gasteiger partial charge in [0.05, 0.1) is 18.2 Å². The van der Waals surface area contributed by atoms with Gasteiger partial charge in [0, 0.05) is 17.1 Å². The predicted octanol–water partition coefficient (Wildman–Crippen LogP) is 6.47. The molecule has 1 heterocycles. The summed E-state index contributed by atoms with van der Waals surface area (Å²) in [6.45, 7) is 9.79. The molecule has 1 unspecified atom stereocenters. The quantitative estimate of drug-likeness (QED) is 0.143. The lowest BCUT2D eigenvalue weighted by molar-refractivity contribution is -0.140. The first-order valence-electron chi connectivity index (χ1n) is 14.1. The molecule has 1 fully saturated rings. The van der Waals surface area contributed by atoms with Gasteiger partial charge in [0.2, 0.25) is 0 Å². The van der Waals surface area contributed by atoms with Gasteiger partial charge in [-0.3, -0.25) is 9.59 Å². The van der Waals surface area contributed by atoms with Crippen molar-refractivity contribution in [2.75, 3.05) is 32.8 Å². The fourth-order valence-corrected chi connectivity index (χ4v) is 5.17. The van der Waals surface area contributed by atoms with Crippen LogP contribution in [-0.4, -0.2) is 59.4 Å². The van der Waals surface area contributed by atoms with Crippen LogP contribution in [0.1, 0.15) is 49.9 Å². The van der Waals surface area contributed by atoms with Gasteiger partial charge in [-0.05, 0) is 80.5 Å². The molecule has 0 radical (unpaired) electrons. The first-order valence-corrected chi connectivity index (χ1v) is 14.5. The Balaban J connectivity index is 1.73. The number of ether oxygens (including phenoxy) is 2. The lowest BCUT2D eigenvalue weighted by Gasteiger charge is -2.27. The van der Waals surface area contributed by atoms with Crippen molar-refractivity contribution in [3.8, 4) is 11.5 Å². The summed E-state index contributed by atoms with van der Waals surface area (Å²) in [7, 11) is 0. The van der Waals surface area contributed by atoms with Crippen molar-refractivity contribution < 1.29 is 24.2 Å². The van der Waals surface area contributed by atoms with E-state index in [1.54, 1.807) is 41.3 Å². The van der Waals surface area contributed by atoms with Gasteiger partial charge in [-0.2, -0.15) is 0 Å². The van der Waals surface area contributed by atoms with Crippen molar-refractivity contribution in [3.05, 3.63) is 100 Å². The van der Waals surface area contributed by atoms with Crippen molar-refractivity contribution in [1.82, 2.24) is 9.80 Å². The number of amides is 1. The molecule has 4 rings (SSSR count). The summed E-state index contributed by atoms with van der Waals surface area (Å²) in [5.74, 6) is -0.532. The van der Waals surface area contributed by atoms with Crippen molar-refractivity contribution in [3.63, 3.8) is 0 Å². The number of likely N-dealkylation sites (tertiary alicyclic amines) is 1. The van der Waals surface area contributed by atoms with Crippen molar-refractivity contribution >= 4 is 29.1 Å². The zero-order valence-corrected chi connectivity index (χ0v) is 24.6. The Kier molecular flexibility index (Phi) is 10.4. The summed E-state index contributed by atoms with van der Waals surface area (Å²) < 4.78 is 12.0. The van der Waals surface area contributed by atoms with Gasteiger partial charge < -0.3 is 24.4 Å². The lowest BCUT2D eigenvalue weighted by atomic mass is 9.95. The van der Waals surface area contributed by atoms with Crippen LogP contribution in [0, 0.1) is 0 Å². The number of rotatable bonds is 13. The molecule has 1 amide bonds. The minimum Gasteiger partial charge on any atom is -0.507 e. The van der Waals surface area contributed by atoms with Crippen molar-refractivity contribution in [2.45, 2.75) is 39.8 Å². The maximum atomic E-state index is 13.4. The van der Waals surface area contributed by atoms with E-state index in [1.165, 1.54) is 0 Å². The second-order valence-corrected chi connectivity index (χ2v) is 10.2. The third-order valence-electron chi connectivity index (χ3n) is 7.25. The number of carbonyl (C=O) groups is 2. The zero-order valence-electron chi connectivity index (χ0n) is 23.8. The second-order valence-electron chi connectivity index (χ2n) is 9.79. The molecular weight excluding hydrogens is 540 g/mol. The van der Waals surface area contributed by atoms with Gasteiger partial charge >= 0.3 is 0 Å². The first-order chi connectivity index (χ1) is 19.9. The molecule has 0 aliphatic carbocycles. The van der Waals surface area contributed by atoms with Crippen LogP contribution in [0.2, 0.25) is 5.02 Å². The average Bonchev–Trinajstić information content (AvgIpc) is 3.24. The Labute approximate surface area is 246 Å². The van der Waals surface area contributed by atoms with Gasteiger partial charge in [-0.1, -0.05) is 61.8 Å². The second kappa shape index (κ2) is 14.2. The number of hydrogen-bond donors (Lipinski definition) is 1. The molecule has 1 atom stereocenters.